The second-order valence-corrected chi connectivity index (χ2v) is 5.91. The molecule has 7 heteroatoms. The monoisotopic (exact) mass is 372 g/mol. The lowest BCUT2D eigenvalue weighted by Crippen LogP contribution is -2.24. The Morgan fingerprint density at radius 3 is 2.26 bits per heavy atom. The average Bonchev–Trinajstić information content (AvgIpc) is 2.92. The lowest BCUT2D eigenvalue weighted by Gasteiger charge is -2.13. The van der Waals surface area contributed by atoms with Gasteiger partial charge in [-0.05, 0) is 39.8 Å². The number of rotatable bonds is 8. The van der Waals surface area contributed by atoms with E-state index in [1.807, 2.05) is 30.3 Å². The van der Waals surface area contributed by atoms with Crippen LogP contribution in [0.5, 0.6) is 0 Å². The summed E-state index contributed by atoms with van der Waals surface area (Å²) in [6.07, 6.45) is 1.57. The maximum absolute atomic E-state index is 12.5. The molecule has 1 aromatic heterocycles. The molecule has 0 saturated carbocycles. The van der Waals surface area contributed by atoms with Crippen molar-refractivity contribution in [2.24, 2.45) is 0 Å². The number of hydrogen-bond donors (Lipinski definition) is 1. The van der Waals surface area contributed by atoms with Gasteiger partial charge in [-0.15, -0.1) is 0 Å². The van der Waals surface area contributed by atoms with E-state index >= 15 is 0 Å². The smallest absolute Gasteiger partial charge is 0.340 e. The zero-order valence-electron chi connectivity index (χ0n) is 15.9. The minimum absolute atomic E-state index is 0.138. The second kappa shape index (κ2) is 9.02. The summed E-state index contributed by atoms with van der Waals surface area (Å²) >= 11 is 0. The van der Waals surface area contributed by atoms with Crippen LogP contribution in [0.25, 0.3) is 0 Å². The number of para-hydroxylation sites is 1. The molecule has 0 aliphatic rings. The van der Waals surface area contributed by atoms with Crippen molar-refractivity contribution in [3.8, 4) is 0 Å². The summed E-state index contributed by atoms with van der Waals surface area (Å²) in [4.78, 5) is 37.1. The molecular weight excluding hydrogens is 348 g/mol. The normalized spacial score (nSPS) is 11.6. The lowest BCUT2D eigenvalue weighted by molar-refractivity contribution is -0.147. The Bertz CT molecular complexity index is 826. The molecule has 0 spiro atoms. The van der Waals surface area contributed by atoms with E-state index in [1.165, 1.54) is 6.92 Å². The number of benzene rings is 1. The summed E-state index contributed by atoms with van der Waals surface area (Å²) in [5, 5.41) is 0. The zero-order valence-corrected chi connectivity index (χ0v) is 15.9. The number of nitrogens with one attached hydrogen (secondary N) is 1. The molecule has 0 aliphatic carbocycles. The van der Waals surface area contributed by atoms with Gasteiger partial charge in [0.15, 0.2) is 0 Å². The van der Waals surface area contributed by atoms with Crippen LogP contribution in [-0.4, -0.2) is 35.6 Å². The SMILES string of the molecule is CCOC(=O)c1c(C(C(C)=O)C(=O)OCC)cn(Nc2ccccc2)c1C. The molecule has 7 nitrogen and oxygen atoms in total. The third-order valence-corrected chi connectivity index (χ3v) is 4.02. The highest BCUT2D eigenvalue weighted by molar-refractivity contribution is 6.06. The van der Waals surface area contributed by atoms with Gasteiger partial charge < -0.3 is 9.47 Å². The highest BCUT2D eigenvalue weighted by Gasteiger charge is 2.34. The van der Waals surface area contributed by atoms with Crippen molar-refractivity contribution >= 4 is 23.4 Å². The van der Waals surface area contributed by atoms with Crippen molar-refractivity contribution in [3.05, 3.63) is 53.3 Å². The Kier molecular flexibility index (Phi) is 6.76. The quantitative estimate of drug-likeness (QED) is 0.566. The van der Waals surface area contributed by atoms with Crippen LogP contribution in [0.2, 0.25) is 0 Å². The van der Waals surface area contributed by atoms with E-state index in [0.29, 0.717) is 5.69 Å². The molecule has 0 radical (unpaired) electrons. The maximum atomic E-state index is 12.5. The lowest BCUT2D eigenvalue weighted by atomic mass is 9.93. The molecule has 0 fully saturated rings. The van der Waals surface area contributed by atoms with Crippen LogP contribution in [0.15, 0.2) is 36.5 Å². The fraction of sp³-hybridized carbons (Fsp3) is 0.350. The number of carbonyl (C=O) groups excluding carboxylic acids is 3. The predicted octanol–water partition coefficient (Wildman–Crippen LogP) is 3.08. The molecule has 2 rings (SSSR count). The number of aromatic nitrogens is 1. The molecule has 1 heterocycles. The van der Waals surface area contributed by atoms with E-state index in [9.17, 15) is 14.4 Å². The second-order valence-electron chi connectivity index (χ2n) is 5.91. The molecule has 1 unspecified atom stereocenters. The van der Waals surface area contributed by atoms with Gasteiger partial charge in [0.25, 0.3) is 0 Å². The van der Waals surface area contributed by atoms with Gasteiger partial charge in [-0.3, -0.25) is 19.7 Å². The molecule has 1 atom stereocenters. The summed E-state index contributed by atoms with van der Waals surface area (Å²) in [5.41, 5.74) is 4.91. The molecule has 1 aromatic carbocycles. The summed E-state index contributed by atoms with van der Waals surface area (Å²) in [6, 6.07) is 9.33. The van der Waals surface area contributed by atoms with Gasteiger partial charge in [0, 0.05) is 11.8 Å². The predicted molar refractivity (Wildman–Crippen MR) is 101 cm³/mol. The van der Waals surface area contributed by atoms with Crippen molar-refractivity contribution in [2.45, 2.75) is 33.6 Å². The van der Waals surface area contributed by atoms with Crippen LogP contribution in [0.3, 0.4) is 0 Å². The highest BCUT2D eigenvalue weighted by atomic mass is 16.5. The fourth-order valence-electron chi connectivity index (χ4n) is 2.82. The summed E-state index contributed by atoms with van der Waals surface area (Å²) in [5.74, 6) is -2.88. The van der Waals surface area contributed by atoms with E-state index in [0.717, 1.165) is 5.69 Å². The highest BCUT2D eigenvalue weighted by Crippen LogP contribution is 2.28. The first-order chi connectivity index (χ1) is 12.9. The van der Waals surface area contributed by atoms with Gasteiger partial charge in [-0.1, -0.05) is 18.2 Å². The molecule has 0 bridgehead atoms. The van der Waals surface area contributed by atoms with Crippen molar-refractivity contribution in [3.63, 3.8) is 0 Å². The van der Waals surface area contributed by atoms with Gasteiger partial charge in [0.05, 0.1) is 30.2 Å². The molecule has 27 heavy (non-hydrogen) atoms. The van der Waals surface area contributed by atoms with Crippen LogP contribution in [0, 0.1) is 6.92 Å². The maximum Gasteiger partial charge on any atom is 0.340 e. The van der Waals surface area contributed by atoms with E-state index in [2.05, 4.69) is 5.43 Å². The largest absolute Gasteiger partial charge is 0.465 e. The molecule has 1 N–H and O–H groups in total. The Hall–Kier alpha value is -3.09. The van der Waals surface area contributed by atoms with Crippen LogP contribution in [0.4, 0.5) is 5.69 Å². The Morgan fingerprint density at radius 2 is 1.70 bits per heavy atom. The zero-order chi connectivity index (χ0) is 20.0. The van der Waals surface area contributed by atoms with Crippen LogP contribution >= 0.6 is 0 Å². The number of esters is 2. The molecule has 0 saturated heterocycles. The van der Waals surface area contributed by atoms with Crippen LogP contribution in [0.1, 0.15) is 48.3 Å². The van der Waals surface area contributed by atoms with Gasteiger partial charge in [0.2, 0.25) is 0 Å². The molecular formula is C20H24N2O5. The summed E-state index contributed by atoms with van der Waals surface area (Å²) in [7, 11) is 0. The number of nitrogens with zero attached hydrogens (tertiary/aromatic N) is 1. The third kappa shape index (κ3) is 4.55. The van der Waals surface area contributed by atoms with E-state index in [1.54, 1.807) is 31.6 Å². The molecule has 0 amide bonds. The number of carbonyl (C=O) groups is 3. The van der Waals surface area contributed by atoms with Crippen molar-refractivity contribution in [1.29, 1.82) is 0 Å². The fourth-order valence-corrected chi connectivity index (χ4v) is 2.82. The van der Waals surface area contributed by atoms with Crippen molar-refractivity contribution < 1.29 is 23.9 Å². The van der Waals surface area contributed by atoms with Crippen LogP contribution < -0.4 is 5.43 Å². The van der Waals surface area contributed by atoms with E-state index in [4.69, 9.17) is 9.47 Å². The van der Waals surface area contributed by atoms with Gasteiger partial charge in [-0.25, -0.2) is 4.79 Å². The number of ketones is 1. The molecule has 2 aromatic rings. The van der Waals surface area contributed by atoms with Crippen molar-refractivity contribution in [1.82, 2.24) is 4.68 Å². The molecule has 144 valence electrons. The number of anilines is 1. The Labute approximate surface area is 158 Å². The summed E-state index contributed by atoms with van der Waals surface area (Å²) < 4.78 is 11.8. The first-order valence-electron chi connectivity index (χ1n) is 8.78. The standard InChI is InChI=1S/C20H24N2O5/c1-5-26-19(24)17-13(3)22(21-15-10-8-7-9-11-15)12-16(17)18(14(4)23)20(25)27-6-2/h7-12,18,21H,5-6H2,1-4H3. The molecule has 0 aliphatic heterocycles. The number of Topliss-reactive ketones (excluding diaryl/α,β-unsaturated/α-hetero) is 1. The van der Waals surface area contributed by atoms with Crippen molar-refractivity contribution in [2.75, 3.05) is 18.6 Å². The van der Waals surface area contributed by atoms with E-state index < -0.39 is 23.6 Å². The Balaban J connectivity index is 2.56. The third-order valence-electron chi connectivity index (χ3n) is 4.02. The van der Waals surface area contributed by atoms with Gasteiger partial charge >= 0.3 is 11.9 Å². The minimum Gasteiger partial charge on any atom is -0.465 e. The number of hydrogen-bond acceptors (Lipinski definition) is 6. The summed E-state index contributed by atoms with van der Waals surface area (Å²) in [6.45, 7) is 6.69. The minimum atomic E-state index is -1.19. The average molecular weight is 372 g/mol. The Morgan fingerprint density at radius 1 is 1.07 bits per heavy atom. The van der Waals surface area contributed by atoms with Crippen LogP contribution in [-0.2, 0) is 19.1 Å². The first-order valence-corrected chi connectivity index (χ1v) is 8.78. The number of ether oxygens (including phenoxy) is 2. The first kappa shape index (κ1) is 20.2. The van der Waals surface area contributed by atoms with Gasteiger partial charge in [0.1, 0.15) is 11.7 Å². The van der Waals surface area contributed by atoms with E-state index in [-0.39, 0.29) is 24.3 Å². The topological polar surface area (TPSA) is 86.6 Å². The van der Waals surface area contributed by atoms with Gasteiger partial charge in [-0.2, -0.15) is 0 Å².